The maximum absolute atomic E-state index is 13.1. The number of nitrogens with one attached hydrogen (secondary N) is 1. The number of hydrogen-bond donors (Lipinski definition) is 2. The Morgan fingerprint density at radius 2 is 1.69 bits per heavy atom. The number of aromatic carboxylic acids is 1. The van der Waals surface area contributed by atoms with E-state index in [4.69, 9.17) is 9.47 Å². The van der Waals surface area contributed by atoms with E-state index in [1.54, 1.807) is 18.2 Å². The number of fused-ring (bicyclic) bond motifs is 1. The number of rotatable bonds is 5. The van der Waals surface area contributed by atoms with Gasteiger partial charge in [-0.15, -0.1) is 0 Å². The molecule has 32 heavy (non-hydrogen) atoms. The predicted octanol–water partition coefficient (Wildman–Crippen LogP) is 2.59. The molecule has 0 bridgehead atoms. The topological polar surface area (TPSA) is 122 Å². The Kier molecular flexibility index (Phi) is 6.33. The largest absolute Gasteiger partial charge is 0.490 e. The van der Waals surface area contributed by atoms with Crippen LogP contribution in [-0.4, -0.2) is 56.0 Å². The predicted molar refractivity (Wildman–Crippen MR) is 116 cm³/mol. The van der Waals surface area contributed by atoms with Crippen LogP contribution in [0.3, 0.4) is 0 Å². The molecule has 0 aromatic heterocycles. The number of sulfonamides is 1. The average Bonchev–Trinajstić information content (AvgIpc) is 3.04. The Morgan fingerprint density at radius 3 is 2.41 bits per heavy atom. The van der Waals surface area contributed by atoms with Crippen LogP contribution in [0.15, 0.2) is 47.4 Å². The Balaban J connectivity index is 1.41. The number of carboxylic acid groups (broad SMARTS) is 1. The van der Waals surface area contributed by atoms with E-state index in [-0.39, 0.29) is 35.1 Å². The maximum Gasteiger partial charge on any atom is 0.337 e. The van der Waals surface area contributed by atoms with Gasteiger partial charge in [-0.05, 0) is 37.1 Å². The highest BCUT2D eigenvalue weighted by Crippen LogP contribution is 2.34. The van der Waals surface area contributed by atoms with Gasteiger partial charge in [-0.2, -0.15) is 4.31 Å². The number of para-hydroxylation sites is 1. The lowest BCUT2D eigenvalue weighted by Crippen LogP contribution is -2.41. The molecule has 10 heteroatoms. The van der Waals surface area contributed by atoms with Gasteiger partial charge in [-0.25, -0.2) is 13.2 Å². The van der Waals surface area contributed by atoms with E-state index in [0.29, 0.717) is 37.6 Å². The van der Waals surface area contributed by atoms with Gasteiger partial charge < -0.3 is 19.9 Å². The standard InChI is InChI=1S/C22H24N2O7S/c25-21(23-18-5-2-1-4-17(18)22(26)27)15-8-10-24(11-9-15)32(28,29)16-6-7-19-20(14-16)31-13-3-12-30-19/h1-2,4-7,14-15H,3,8-13H2,(H,23,25)(H,26,27). The summed E-state index contributed by atoms with van der Waals surface area (Å²) in [4.78, 5) is 24.1. The van der Waals surface area contributed by atoms with Crippen LogP contribution in [0.2, 0.25) is 0 Å². The van der Waals surface area contributed by atoms with Crippen molar-refractivity contribution in [1.82, 2.24) is 4.31 Å². The molecule has 170 valence electrons. The highest BCUT2D eigenvalue weighted by Gasteiger charge is 2.33. The lowest BCUT2D eigenvalue weighted by molar-refractivity contribution is -0.120. The molecular weight excluding hydrogens is 436 g/mol. The van der Waals surface area contributed by atoms with Crippen molar-refractivity contribution >= 4 is 27.6 Å². The van der Waals surface area contributed by atoms with E-state index in [9.17, 15) is 23.1 Å². The lowest BCUT2D eigenvalue weighted by atomic mass is 9.97. The molecule has 4 rings (SSSR count). The quantitative estimate of drug-likeness (QED) is 0.703. The molecule has 1 amide bonds. The number of benzene rings is 2. The number of anilines is 1. The molecule has 2 heterocycles. The van der Waals surface area contributed by atoms with Crippen LogP contribution in [0.5, 0.6) is 11.5 Å². The fourth-order valence-corrected chi connectivity index (χ4v) is 5.31. The van der Waals surface area contributed by atoms with Crippen molar-refractivity contribution in [2.45, 2.75) is 24.2 Å². The van der Waals surface area contributed by atoms with Gasteiger partial charge >= 0.3 is 5.97 Å². The molecule has 0 radical (unpaired) electrons. The molecule has 1 saturated heterocycles. The number of ether oxygens (including phenoxy) is 2. The summed E-state index contributed by atoms with van der Waals surface area (Å²) >= 11 is 0. The summed E-state index contributed by atoms with van der Waals surface area (Å²) in [6.07, 6.45) is 1.40. The van der Waals surface area contributed by atoms with Crippen LogP contribution in [0.4, 0.5) is 5.69 Å². The zero-order chi connectivity index (χ0) is 22.7. The number of hydrogen-bond acceptors (Lipinski definition) is 6. The first-order valence-electron chi connectivity index (χ1n) is 10.4. The maximum atomic E-state index is 13.1. The Labute approximate surface area is 186 Å². The highest BCUT2D eigenvalue weighted by molar-refractivity contribution is 7.89. The Hall–Kier alpha value is -3.11. The molecule has 0 aliphatic carbocycles. The third-order valence-electron chi connectivity index (χ3n) is 5.60. The van der Waals surface area contributed by atoms with Crippen LogP contribution in [0, 0.1) is 5.92 Å². The first kappa shape index (κ1) is 22.1. The fourth-order valence-electron chi connectivity index (χ4n) is 3.82. The summed E-state index contributed by atoms with van der Waals surface area (Å²) in [5.74, 6) is -0.913. The number of carbonyl (C=O) groups excluding carboxylic acids is 1. The van der Waals surface area contributed by atoms with E-state index in [2.05, 4.69) is 5.32 Å². The minimum Gasteiger partial charge on any atom is -0.490 e. The third kappa shape index (κ3) is 4.56. The van der Waals surface area contributed by atoms with E-state index in [1.807, 2.05) is 0 Å². The number of piperidine rings is 1. The first-order chi connectivity index (χ1) is 15.4. The van der Waals surface area contributed by atoms with Crippen LogP contribution < -0.4 is 14.8 Å². The van der Waals surface area contributed by atoms with Crippen molar-refractivity contribution in [3.05, 3.63) is 48.0 Å². The molecule has 0 unspecified atom stereocenters. The number of amides is 1. The zero-order valence-electron chi connectivity index (χ0n) is 17.3. The van der Waals surface area contributed by atoms with Gasteiger partial charge in [-0.3, -0.25) is 4.79 Å². The Morgan fingerprint density at radius 1 is 1.00 bits per heavy atom. The van der Waals surface area contributed by atoms with E-state index in [0.717, 1.165) is 6.42 Å². The van der Waals surface area contributed by atoms with Crippen molar-refractivity contribution in [3.63, 3.8) is 0 Å². The van der Waals surface area contributed by atoms with Crippen molar-refractivity contribution in [2.75, 3.05) is 31.6 Å². The van der Waals surface area contributed by atoms with Crippen LogP contribution in [0.1, 0.15) is 29.6 Å². The van der Waals surface area contributed by atoms with Gasteiger partial charge in [0.1, 0.15) is 0 Å². The summed E-state index contributed by atoms with van der Waals surface area (Å²) in [6.45, 7) is 1.36. The van der Waals surface area contributed by atoms with Gasteiger partial charge in [0, 0.05) is 31.5 Å². The molecule has 2 aromatic rings. The molecule has 1 fully saturated rings. The SMILES string of the molecule is O=C(O)c1ccccc1NC(=O)C1CCN(S(=O)(=O)c2ccc3c(c2)OCCCO3)CC1. The number of carbonyl (C=O) groups is 2. The van der Waals surface area contributed by atoms with Gasteiger partial charge in [0.15, 0.2) is 11.5 Å². The molecule has 2 aromatic carbocycles. The van der Waals surface area contributed by atoms with Crippen LogP contribution in [0.25, 0.3) is 0 Å². The van der Waals surface area contributed by atoms with Crippen molar-refractivity contribution in [1.29, 1.82) is 0 Å². The van der Waals surface area contributed by atoms with Gasteiger partial charge in [0.05, 0.1) is 29.4 Å². The second kappa shape index (κ2) is 9.17. The molecule has 0 saturated carbocycles. The summed E-state index contributed by atoms with van der Waals surface area (Å²) in [7, 11) is -3.75. The first-order valence-corrected chi connectivity index (χ1v) is 11.8. The molecule has 9 nitrogen and oxygen atoms in total. The normalized spacial score (nSPS) is 17.4. The minimum absolute atomic E-state index is 0.00951. The van der Waals surface area contributed by atoms with E-state index < -0.39 is 21.9 Å². The molecule has 0 spiro atoms. The lowest BCUT2D eigenvalue weighted by Gasteiger charge is -2.30. The molecule has 2 aliphatic heterocycles. The summed E-state index contributed by atoms with van der Waals surface area (Å²) in [5, 5.41) is 11.9. The highest BCUT2D eigenvalue weighted by atomic mass is 32.2. The summed E-state index contributed by atoms with van der Waals surface area (Å²) in [6, 6.07) is 10.8. The molecule has 0 atom stereocenters. The molecular formula is C22H24N2O7S. The smallest absolute Gasteiger partial charge is 0.337 e. The van der Waals surface area contributed by atoms with Gasteiger partial charge in [0.2, 0.25) is 15.9 Å². The van der Waals surface area contributed by atoms with Crippen molar-refractivity contribution < 1.29 is 32.6 Å². The minimum atomic E-state index is -3.75. The van der Waals surface area contributed by atoms with Crippen LogP contribution in [-0.2, 0) is 14.8 Å². The number of carboxylic acids is 1. The van der Waals surface area contributed by atoms with Gasteiger partial charge in [-0.1, -0.05) is 12.1 Å². The summed E-state index contributed by atoms with van der Waals surface area (Å²) < 4.78 is 38.7. The third-order valence-corrected chi connectivity index (χ3v) is 7.49. The number of nitrogens with zero attached hydrogens (tertiary/aromatic N) is 1. The van der Waals surface area contributed by atoms with Crippen molar-refractivity contribution in [3.8, 4) is 11.5 Å². The van der Waals surface area contributed by atoms with Gasteiger partial charge in [0.25, 0.3) is 0 Å². The second-order valence-electron chi connectivity index (χ2n) is 7.68. The van der Waals surface area contributed by atoms with Crippen LogP contribution >= 0.6 is 0 Å². The monoisotopic (exact) mass is 460 g/mol. The Bertz CT molecular complexity index is 1120. The van der Waals surface area contributed by atoms with Crippen molar-refractivity contribution in [2.24, 2.45) is 5.92 Å². The summed E-state index contributed by atoms with van der Waals surface area (Å²) in [5.41, 5.74) is 0.238. The zero-order valence-corrected chi connectivity index (χ0v) is 18.1. The molecule has 2 N–H and O–H groups in total. The van der Waals surface area contributed by atoms with E-state index in [1.165, 1.54) is 28.6 Å². The average molecular weight is 461 g/mol. The van der Waals surface area contributed by atoms with E-state index >= 15 is 0 Å². The molecule has 2 aliphatic rings. The second-order valence-corrected chi connectivity index (χ2v) is 9.62. The fraction of sp³-hybridized carbons (Fsp3) is 0.364.